The molecule has 1 heterocycles. The molecule has 0 aromatic carbocycles. The Balaban J connectivity index is 2.34. The maximum atomic E-state index is 11.5. The summed E-state index contributed by atoms with van der Waals surface area (Å²) in [5.41, 5.74) is -0.483. The Morgan fingerprint density at radius 3 is 2.44 bits per heavy atom. The topological polar surface area (TPSA) is 58.6 Å². The third-order valence-corrected chi connectivity index (χ3v) is 2.35. The van der Waals surface area contributed by atoms with Crippen molar-refractivity contribution in [2.75, 3.05) is 13.1 Å². The molecule has 5 nitrogen and oxygen atoms in total. The van der Waals surface area contributed by atoms with E-state index in [0.717, 1.165) is 6.42 Å². The number of hydrogen-bond acceptors (Lipinski definition) is 3. The Labute approximate surface area is 96.1 Å². The maximum Gasteiger partial charge on any atom is 0.407 e. The van der Waals surface area contributed by atoms with Crippen molar-refractivity contribution >= 4 is 12.0 Å². The fraction of sp³-hybridized carbons (Fsp3) is 0.818. The molecule has 0 saturated carbocycles. The minimum absolute atomic E-state index is 0.0127. The van der Waals surface area contributed by atoms with E-state index in [9.17, 15) is 9.59 Å². The highest BCUT2D eigenvalue weighted by atomic mass is 16.6. The molecular weight excluding hydrogens is 208 g/mol. The van der Waals surface area contributed by atoms with Crippen LogP contribution in [0.3, 0.4) is 0 Å². The summed E-state index contributed by atoms with van der Waals surface area (Å²) in [7, 11) is 0. The van der Waals surface area contributed by atoms with E-state index >= 15 is 0 Å². The molecule has 1 aliphatic rings. The van der Waals surface area contributed by atoms with E-state index in [1.54, 1.807) is 4.90 Å². The van der Waals surface area contributed by atoms with Gasteiger partial charge in [0.25, 0.3) is 0 Å². The lowest BCUT2D eigenvalue weighted by atomic mass is 10.2. The molecule has 5 heteroatoms. The second-order valence-corrected chi connectivity index (χ2v) is 5.10. The number of carbonyl (C=O) groups excluding carboxylic acids is 2. The van der Waals surface area contributed by atoms with E-state index < -0.39 is 11.7 Å². The quantitative estimate of drug-likeness (QED) is 0.732. The zero-order valence-electron chi connectivity index (χ0n) is 10.4. The second kappa shape index (κ2) is 4.72. The largest absolute Gasteiger partial charge is 0.444 e. The van der Waals surface area contributed by atoms with Gasteiger partial charge in [-0.2, -0.15) is 0 Å². The predicted octanol–water partition coefficient (Wildman–Crippen LogP) is 1.13. The van der Waals surface area contributed by atoms with Crippen molar-refractivity contribution in [3.8, 4) is 0 Å². The van der Waals surface area contributed by atoms with Crippen LogP contribution in [0.25, 0.3) is 0 Å². The highest BCUT2D eigenvalue weighted by Crippen LogP contribution is 2.11. The molecule has 92 valence electrons. The van der Waals surface area contributed by atoms with Crippen molar-refractivity contribution in [3.63, 3.8) is 0 Å². The number of hydrogen-bond donors (Lipinski definition) is 1. The first-order valence-corrected chi connectivity index (χ1v) is 5.53. The lowest BCUT2D eigenvalue weighted by Crippen LogP contribution is -2.41. The zero-order valence-corrected chi connectivity index (χ0v) is 10.4. The van der Waals surface area contributed by atoms with Crippen LogP contribution >= 0.6 is 0 Å². The van der Waals surface area contributed by atoms with Gasteiger partial charge in [-0.1, -0.05) is 0 Å². The van der Waals surface area contributed by atoms with Crippen LogP contribution < -0.4 is 5.32 Å². The van der Waals surface area contributed by atoms with Crippen molar-refractivity contribution in [1.82, 2.24) is 10.2 Å². The zero-order chi connectivity index (χ0) is 12.3. The van der Waals surface area contributed by atoms with Gasteiger partial charge in [-0.3, -0.25) is 4.79 Å². The van der Waals surface area contributed by atoms with E-state index in [0.29, 0.717) is 13.1 Å². The molecule has 0 unspecified atom stereocenters. The van der Waals surface area contributed by atoms with Crippen molar-refractivity contribution in [2.45, 2.75) is 45.8 Å². The minimum atomic E-state index is -0.483. The smallest absolute Gasteiger partial charge is 0.407 e. The maximum absolute atomic E-state index is 11.5. The van der Waals surface area contributed by atoms with Crippen LogP contribution in [0.15, 0.2) is 0 Å². The fourth-order valence-corrected chi connectivity index (χ4v) is 1.64. The van der Waals surface area contributed by atoms with Gasteiger partial charge in [-0.05, 0) is 27.2 Å². The van der Waals surface area contributed by atoms with Crippen LogP contribution in [-0.2, 0) is 9.53 Å². The number of amides is 2. The monoisotopic (exact) mass is 228 g/mol. The number of carbonyl (C=O) groups is 2. The molecule has 0 aliphatic carbocycles. The van der Waals surface area contributed by atoms with E-state index in [1.807, 2.05) is 20.8 Å². The first kappa shape index (κ1) is 12.8. The number of likely N-dealkylation sites (tertiary alicyclic amines) is 1. The number of rotatable bonds is 1. The molecule has 1 fully saturated rings. The van der Waals surface area contributed by atoms with Crippen LogP contribution in [0.5, 0.6) is 0 Å². The van der Waals surface area contributed by atoms with Crippen molar-refractivity contribution in [2.24, 2.45) is 0 Å². The Morgan fingerprint density at radius 1 is 1.38 bits per heavy atom. The summed E-state index contributed by atoms with van der Waals surface area (Å²) < 4.78 is 5.14. The van der Waals surface area contributed by atoms with Crippen LogP contribution in [0.4, 0.5) is 4.79 Å². The number of nitrogens with one attached hydrogen (secondary N) is 1. The Kier molecular flexibility index (Phi) is 3.78. The predicted molar refractivity (Wildman–Crippen MR) is 60.0 cm³/mol. The number of nitrogens with zero attached hydrogens (tertiary/aromatic N) is 1. The molecule has 1 aliphatic heterocycles. The fourth-order valence-electron chi connectivity index (χ4n) is 1.64. The van der Waals surface area contributed by atoms with Crippen molar-refractivity contribution in [1.29, 1.82) is 0 Å². The summed E-state index contributed by atoms with van der Waals surface area (Å²) in [5.74, 6) is 0.0495. The van der Waals surface area contributed by atoms with Gasteiger partial charge in [0.05, 0.1) is 6.04 Å². The van der Waals surface area contributed by atoms with Gasteiger partial charge in [0, 0.05) is 20.0 Å². The molecular formula is C11H20N2O3. The van der Waals surface area contributed by atoms with E-state index in [-0.39, 0.29) is 11.9 Å². The summed E-state index contributed by atoms with van der Waals surface area (Å²) in [4.78, 5) is 24.3. The second-order valence-electron chi connectivity index (χ2n) is 5.10. The van der Waals surface area contributed by atoms with Gasteiger partial charge in [0.15, 0.2) is 0 Å². The first-order chi connectivity index (χ1) is 7.28. The molecule has 0 radical (unpaired) electrons. The number of ether oxygens (including phenoxy) is 1. The molecule has 1 saturated heterocycles. The van der Waals surface area contributed by atoms with Crippen LogP contribution in [-0.4, -0.2) is 41.6 Å². The standard InChI is InChI=1S/C11H20N2O3/c1-8(14)13-6-5-9(7-13)12-10(15)16-11(2,3)4/h9H,5-7H2,1-4H3,(H,12,15)/t9-/m0/s1. The summed E-state index contributed by atoms with van der Waals surface area (Å²) in [6.07, 6.45) is 0.377. The lowest BCUT2D eigenvalue weighted by Gasteiger charge is -2.21. The van der Waals surface area contributed by atoms with E-state index in [4.69, 9.17) is 4.74 Å². The average Bonchev–Trinajstić information content (AvgIpc) is 2.48. The molecule has 16 heavy (non-hydrogen) atoms. The summed E-state index contributed by atoms with van der Waals surface area (Å²) in [5, 5.41) is 2.77. The summed E-state index contributed by atoms with van der Waals surface area (Å²) >= 11 is 0. The average molecular weight is 228 g/mol. The highest BCUT2D eigenvalue weighted by Gasteiger charge is 2.27. The number of alkyl carbamates (subject to hydrolysis) is 1. The molecule has 0 aromatic rings. The molecule has 2 amide bonds. The van der Waals surface area contributed by atoms with Crippen molar-refractivity contribution in [3.05, 3.63) is 0 Å². The van der Waals surface area contributed by atoms with Gasteiger partial charge in [-0.25, -0.2) is 4.79 Å². The summed E-state index contributed by atoms with van der Waals surface area (Å²) in [6.45, 7) is 8.29. The van der Waals surface area contributed by atoms with Gasteiger partial charge < -0.3 is 15.0 Å². The molecule has 0 spiro atoms. The lowest BCUT2D eigenvalue weighted by molar-refractivity contribution is -0.127. The van der Waals surface area contributed by atoms with Gasteiger partial charge >= 0.3 is 6.09 Å². The van der Waals surface area contributed by atoms with Gasteiger partial charge in [-0.15, -0.1) is 0 Å². The molecule has 1 atom stereocenters. The van der Waals surface area contributed by atoms with Gasteiger partial charge in [0.2, 0.25) is 5.91 Å². The van der Waals surface area contributed by atoms with Crippen molar-refractivity contribution < 1.29 is 14.3 Å². The van der Waals surface area contributed by atoms with E-state index in [1.165, 1.54) is 6.92 Å². The minimum Gasteiger partial charge on any atom is -0.444 e. The van der Waals surface area contributed by atoms with Crippen LogP contribution in [0.1, 0.15) is 34.1 Å². The molecule has 0 aromatic heterocycles. The Bertz CT molecular complexity index is 283. The molecule has 0 bridgehead atoms. The molecule has 1 N–H and O–H groups in total. The third-order valence-electron chi connectivity index (χ3n) is 2.35. The SMILES string of the molecule is CC(=O)N1CC[C@H](NC(=O)OC(C)(C)C)C1. The van der Waals surface area contributed by atoms with Gasteiger partial charge in [0.1, 0.15) is 5.60 Å². The highest BCUT2D eigenvalue weighted by molar-refractivity contribution is 5.74. The van der Waals surface area contributed by atoms with E-state index in [2.05, 4.69) is 5.32 Å². The van der Waals surface area contributed by atoms with Crippen LogP contribution in [0.2, 0.25) is 0 Å². The third kappa shape index (κ3) is 4.08. The van der Waals surface area contributed by atoms with Crippen LogP contribution in [0, 0.1) is 0 Å². The normalized spacial score (nSPS) is 20.8. The molecule has 1 rings (SSSR count). The first-order valence-electron chi connectivity index (χ1n) is 5.53. The Morgan fingerprint density at radius 2 is 2.00 bits per heavy atom. The summed E-state index contributed by atoms with van der Waals surface area (Å²) in [6, 6.07) is 0.0127. The Hall–Kier alpha value is -1.26.